The van der Waals surface area contributed by atoms with Crippen molar-refractivity contribution in [2.45, 2.75) is 79.3 Å². The van der Waals surface area contributed by atoms with E-state index in [1.54, 1.807) is 0 Å². The molecule has 28 heavy (non-hydrogen) atoms. The Hall–Kier alpha value is -1.38. The fourth-order valence-corrected chi connectivity index (χ4v) is 2.93. The van der Waals surface area contributed by atoms with Gasteiger partial charge in [-0.15, -0.1) is 0 Å². The SMILES string of the molecule is CCCCCCc1ccc(C#CC(OCC)OCC)c(C(OCC)OCC)c1. The molecule has 4 nitrogen and oxygen atoms in total. The molecule has 0 aromatic heterocycles. The fourth-order valence-electron chi connectivity index (χ4n) is 2.93. The van der Waals surface area contributed by atoms with Gasteiger partial charge >= 0.3 is 0 Å². The number of ether oxygens (including phenoxy) is 4. The third-order valence-corrected chi connectivity index (χ3v) is 4.29. The van der Waals surface area contributed by atoms with E-state index in [1.807, 2.05) is 27.7 Å². The molecular formula is C24H38O4. The zero-order chi connectivity index (χ0) is 20.6. The third-order valence-electron chi connectivity index (χ3n) is 4.29. The van der Waals surface area contributed by atoms with Crippen LogP contribution in [0.5, 0.6) is 0 Å². The summed E-state index contributed by atoms with van der Waals surface area (Å²) in [4.78, 5) is 0. The quantitative estimate of drug-likeness (QED) is 0.234. The van der Waals surface area contributed by atoms with Gasteiger partial charge < -0.3 is 18.9 Å². The molecule has 0 saturated carbocycles. The Morgan fingerprint density at radius 2 is 1.43 bits per heavy atom. The van der Waals surface area contributed by atoms with Crippen molar-refractivity contribution >= 4 is 0 Å². The highest BCUT2D eigenvalue weighted by molar-refractivity contribution is 5.44. The maximum absolute atomic E-state index is 5.86. The second-order valence-corrected chi connectivity index (χ2v) is 6.49. The Morgan fingerprint density at radius 1 is 0.786 bits per heavy atom. The molecule has 0 heterocycles. The molecule has 158 valence electrons. The maximum Gasteiger partial charge on any atom is 0.222 e. The summed E-state index contributed by atoms with van der Waals surface area (Å²) in [5.41, 5.74) is 3.18. The largest absolute Gasteiger partial charge is 0.349 e. The Bertz CT molecular complexity index is 576. The summed E-state index contributed by atoms with van der Waals surface area (Å²) < 4.78 is 22.8. The van der Waals surface area contributed by atoms with Gasteiger partial charge in [-0.25, -0.2) is 0 Å². The Kier molecular flexibility index (Phi) is 13.7. The van der Waals surface area contributed by atoms with Crippen molar-refractivity contribution < 1.29 is 18.9 Å². The molecule has 1 rings (SSSR count). The summed E-state index contributed by atoms with van der Waals surface area (Å²) in [7, 11) is 0. The molecule has 0 bridgehead atoms. The molecule has 0 fully saturated rings. The van der Waals surface area contributed by atoms with Crippen LogP contribution in [-0.2, 0) is 25.4 Å². The highest BCUT2D eigenvalue weighted by Crippen LogP contribution is 2.25. The van der Waals surface area contributed by atoms with Gasteiger partial charge in [0.25, 0.3) is 0 Å². The topological polar surface area (TPSA) is 36.9 Å². The van der Waals surface area contributed by atoms with Crippen LogP contribution in [0.1, 0.15) is 83.3 Å². The average Bonchev–Trinajstić information content (AvgIpc) is 2.70. The first kappa shape index (κ1) is 24.7. The molecule has 0 spiro atoms. The summed E-state index contributed by atoms with van der Waals surface area (Å²) in [6.07, 6.45) is 5.12. The number of hydrogen-bond donors (Lipinski definition) is 0. The van der Waals surface area contributed by atoms with Gasteiger partial charge in [0.05, 0.1) is 0 Å². The van der Waals surface area contributed by atoms with Gasteiger partial charge in [0.2, 0.25) is 6.29 Å². The number of aryl methyl sites for hydroxylation is 1. The lowest BCUT2D eigenvalue weighted by Gasteiger charge is -2.20. The Balaban J connectivity index is 3.11. The lowest BCUT2D eigenvalue weighted by molar-refractivity contribution is -0.140. The summed E-state index contributed by atoms with van der Waals surface area (Å²) in [6.45, 7) is 12.3. The first-order valence-corrected chi connectivity index (χ1v) is 10.8. The van der Waals surface area contributed by atoms with E-state index < -0.39 is 12.6 Å². The predicted molar refractivity (Wildman–Crippen MR) is 114 cm³/mol. The van der Waals surface area contributed by atoms with E-state index >= 15 is 0 Å². The van der Waals surface area contributed by atoms with Crippen LogP contribution in [0.15, 0.2) is 18.2 Å². The average molecular weight is 391 g/mol. The van der Waals surface area contributed by atoms with Crippen LogP contribution in [0.25, 0.3) is 0 Å². The number of benzene rings is 1. The summed E-state index contributed by atoms with van der Waals surface area (Å²) in [5, 5.41) is 0. The van der Waals surface area contributed by atoms with Gasteiger partial charge in [-0.05, 0) is 64.2 Å². The van der Waals surface area contributed by atoms with Crippen LogP contribution < -0.4 is 0 Å². The minimum absolute atomic E-state index is 0.410. The van der Waals surface area contributed by atoms with Crippen molar-refractivity contribution in [2.24, 2.45) is 0 Å². The smallest absolute Gasteiger partial charge is 0.222 e. The lowest BCUT2D eigenvalue weighted by atomic mass is 9.99. The van der Waals surface area contributed by atoms with E-state index in [9.17, 15) is 0 Å². The zero-order valence-electron chi connectivity index (χ0n) is 18.4. The third kappa shape index (κ3) is 9.21. The Labute approximate surface area is 171 Å². The van der Waals surface area contributed by atoms with Gasteiger partial charge in [0.15, 0.2) is 6.29 Å². The molecule has 0 amide bonds. The van der Waals surface area contributed by atoms with E-state index in [0.717, 1.165) is 17.5 Å². The van der Waals surface area contributed by atoms with Crippen molar-refractivity contribution in [3.8, 4) is 11.8 Å². The second kappa shape index (κ2) is 15.5. The second-order valence-electron chi connectivity index (χ2n) is 6.49. The Morgan fingerprint density at radius 3 is 2.00 bits per heavy atom. The van der Waals surface area contributed by atoms with Gasteiger partial charge in [-0.3, -0.25) is 0 Å². The minimum atomic E-state index is -0.519. The van der Waals surface area contributed by atoms with Crippen molar-refractivity contribution in [1.82, 2.24) is 0 Å². The molecule has 0 N–H and O–H groups in total. The number of unbranched alkanes of at least 4 members (excludes halogenated alkanes) is 3. The monoisotopic (exact) mass is 390 g/mol. The van der Waals surface area contributed by atoms with Crippen molar-refractivity contribution in [2.75, 3.05) is 26.4 Å². The maximum atomic E-state index is 5.86. The first-order chi connectivity index (χ1) is 13.7. The molecule has 0 aliphatic heterocycles. The highest BCUT2D eigenvalue weighted by Gasteiger charge is 2.16. The molecule has 4 heteroatoms. The summed E-state index contributed by atoms with van der Waals surface area (Å²) in [6, 6.07) is 6.41. The minimum Gasteiger partial charge on any atom is -0.349 e. The van der Waals surface area contributed by atoms with E-state index in [4.69, 9.17) is 18.9 Å². The van der Waals surface area contributed by atoms with Crippen LogP contribution in [0, 0.1) is 11.8 Å². The van der Waals surface area contributed by atoms with Crippen molar-refractivity contribution in [3.05, 3.63) is 34.9 Å². The van der Waals surface area contributed by atoms with Crippen molar-refractivity contribution in [1.29, 1.82) is 0 Å². The molecule has 0 aliphatic rings. The lowest BCUT2D eigenvalue weighted by Crippen LogP contribution is -2.15. The standard InChI is InChI=1S/C24H38O4/c1-6-11-12-13-14-20-15-16-21(17-18-23(25-7-2)26-8-3)22(19-20)24(27-9-4)28-10-5/h15-16,19,23-24H,6-14H2,1-5H3. The fraction of sp³-hybridized carbons (Fsp3) is 0.667. The molecule has 1 aromatic rings. The van der Waals surface area contributed by atoms with Crippen molar-refractivity contribution in [3.63, 3.8) is 0 Å². The molecule has 1 aromatic carbocycles. The molecular weight excluding hydrogens is 352 g/mol. The van der Waals surface area contributed by atoms with E-state index in [-0.39, 0.29) is 0 Å². The highest BCUT2D eigenvalue weighted by atomic mass is 16.7. The van der Waals surface area contributed by atoms with Crippen LogP contribution in [0.3, 0.4) is 0 Å². The summed E-state index contributed by atoms with van der Waals surface area (Å²) in [5.74, 6) is 6.32. The van der Waals surface area contributed by atoms with Gasteiger partial charge in [0, 0.05) is 37.6 Å². The van der Waals surface area contributed by atoms with Gasteiger partial charge in [-0.2, -0.15) is 0 Å². The van der Waals surface area contributed by atoms with Gasteiger partial charge in [-0.1, -0.05) is 38.2 Å². The predicted octanol–water partition coefficient (Wildman–Crippen LogP) is 5.63. The van der Waals surface area contributed by atoms with E-state index in [1.165, 1.54) is 31.2 Å². The van der Waals surface area contributed by atoms with Crippen LogP contribution in [0.4, 0.5) is 0 Å². The molecule has 0 atom stereocenters. The van der Waals surface area contributed by atoms with Gasteiger partial charge in [0.1, 0.15) is 0 Å². The van der Waals surface area contributed by atoms with Crippen LogP contribution in [0.2, 0.25) is 0 Å². The first-order valence-electron chi connectivity index (χ1n) is 10.8. The summed E-state index contributed by atoms with van der Waals surface area (Å²) >= 11 is 0. The van der Waals surface area contributed by atoms with E-state index in [0.29, 0.717) is 26.4 Å². The van der Waals surface area contributed by atoms with Crippen LogP contribution in [-0.4, -0.2) is 32.7 Å². The molecule has 0 unspecified atom stereocenters. The zero-order valence-corrected chi connectivity index (χ0v) is 18.4. The molecule has 0 radical (unpaired) electrons. The normalized spacial score (nSPS) is 11.1. The molecule has 0 aliphatic carbocycles. The number of rotatable bonds is 14. The van der Waals surface area contributed by atoms with Crippen LogP contribution >= 0.6 is 0 Å². The van der Waals surface area contributed by atoms with E-state index in [2.05, 4.69) is 37.0 Å². The molecule has 0 saturated heterocycles. The number of hydrogen-bond acceptors (Lipinski definition) is 4.